The van der Waals surface area contributed by atoms with E-state index in [1.165, 1.54) is 0 Å². The van der Waals surface area contributed by atoms with E-state index in [1.54, 1.807) is 25.5 Å². The molecule has 0 bridgehead atoms. The van der Waals surface area contributed by atoms with Crippen LogP contribution in [0, 0.1) is 0 Å². The van der Waals surface area contributed by atoms with Crippen molar-refractivity contribution in [3.05, 3.63) is 24.3 Å². The Bertz CT molecular complexity index is 330. The lowest BCUT2D eigenvalue weighted by Gasteiger charge is -2.21. The summed E-state index contributed by atoms with van der Waals surface area (Å²) >= 11 is 0. The van der Waals surface area contributed by atoms with Gasteiger partial charge in [-0.15, -0.1) is 0 Å². The average Bonchev–Trinajstić information content (AvgIpc) is 2.15. The van der Waals surface area contributed by atoms with Gasteiger partial charge in [-0.25, -0.2) is 0 Å². The third-order valence-electron chi connectivity index (χ3n) is 1.79. The Kier molecular flexibility index (Phi) is 3.39. The van der Waals surface area contributed by atoms with E-state index in [2.05, 4.69) is 9.97 Å². The van der Waals surface area contributed by atoms with Crippen molar-refractivity contribution in [2.75, 3.05) is 0 Å². The molecule has 0 spiro atoms. The summed E-state index contributed by atoms with van der Waals surface area (Å²) in [6.45, 7) is 7.29. The van der Waals surface area contributed by atoms with Gasteiger partial charge in [-0.3, -0.25) is 14.8 Å². The summed E-state index contributed by atoms with van der Waals surface area (Å²) in [5.74, 6) is -0.652. The smallest absolute Gasteiger partial charge is 0.315 e. The summed E-state index contributed by atoms with van der Waals surface area (Å²) in [6.07, 6.45) is 4.72. The Morgan fingerprint density at radius 3 is 2.53 bits per heavy atom. The third-order valence-corrected chi connectivity index (χ3v) is 1.79. The van der Waals surface area contributed by atoms with E-state index >= 15 is 0 Å². The van der Waals surface area contributed by atoms with Crippen LogP contribution in [0.4, 0.5) is 0 Å². The van der Waals surface area contributed by atoms with Gasteiger partial charge in [-0.1, -0.05) is 0 Å². The Labute approximate surface area is 89.7 Å². The van der Waals surface area contributed by atoms with Crippen LogP contribution in [0.25, 0.3) is 0 Å². The molecule has 4 nitrogen and oxygen atoms in total. The van der Waals surface area contributed by atoms with Crippen LogP contribution in [0.1, 0.15) is 39.3 Å². The molecular weight excluding hydrogens is 192 g/mol. The highest BCUT2D eigenvalue weighted by atomic mass is 16.6. The topological polar surface area (TPSA) is 52.1 Å². The summed E-state index contributed by atoms with van der Waals surface area (Å²) in [7, 11) is 0. The third kappa shape index (κ3) is 3.65. The van der Waals surface area contributed by atoms with Crippen LogP contribution in [-0.4, -0.2) is 21.5 Å². The van der Waals surface area contributed by atoms with Crippen LogP contribution in [-0.2, 0) is 9.53 Å². The molecule has 1 heterocycles. The SMILES string of the molecule is CC(C(=O)OC(C)(C)C)c1cnccn1. The molecule has 82 valence electrons. The van der Waals surface area contributed by atoms with Gasteiger partial charge >= 0.3 is 5.97 Å². The van der Waals surface area contributed by atoms with Gasteiger partial charge in [0.15, 0.2) is 0 Å². The number of aromatic nitrogens is 2. The lowest BCUT2D eigenvalue weighted by atomic mass is 10.1. The zero-order chi connectivity index (χ0) is 11.5. The molecule has 0 aliphatic carbocycles. The minimum atomic E-state index is -0.465. The van der Waals surface area contributed by atoms with Gasteiger partial charge in [0, 0.05) is 18.6 Å². The summed E-state index contributed by atoms with van der Waals surface area (Å²) < 4.78 is 5.25. The monoisotopic (exact) mass is 208 g/mol. The second kappa shape index (κ2) is 4.38. The van der Waals surface area contributed by atoms with Crippen molar-refractivity contribution in [1.82, 2.24) is 9.97 Å². The first kappa shape index (κ1) is 11.6. The van der Waals surface area contributed by atoms with E-state index in [0.29, 0.717) is 5.69 Å². The highest BCUT2D eigenvalue weighted by Crippen LogP contribution is 2.17. The number of hydrogen-bond donors (Lipinski definition) is 0. The predicted octanol–water partition coefficient (Wildman–Crippen LogP) is 1.92. The zero-order valence-corrected chi connectivity index (χ0v) is 9.52. The largest absolute Gasteiger partial charge is 0.459 e. The van der Waals surface area contributed by atoms with E-state index in [1.807, 2.05) is 20.8 Å². The standard InChI is InChI=1S/C11H16N2O2/c1-8(9-7-12-5-6-13-9)10(14)15-11(2,3)4/h5-8H,1-4H3. The fraction of sp³-hybridized carbons (Fsp3) is 0.545. The summed E-state index contributed by atoms with van der Waals surface area (Å²) in [5.41, 5.74) is 0.167. The maximum Gasteiger partial charge on any atom is 0.315 e. The summed E-state index contributed by atoms with van der Waals surface area (Å²) in [4.78, 5) is 19.6. The molecule has 0 radical (unpaired) electrons. The van der Waals surface area contributed by atoms with Gasteiger partial charge in [-0.05, 0) is 27.7 Å². The molecule has 1 aromatic rings. The molecule has 0 N–H and O–H groups in total. The van der Waals surface area contributed by atoms with Gasteiger partial charge in [-0.2, -0.15) is 0 Å². The predicted molar refractivity (Wildman–Crippen MR) is 56.3 cm³/mol. The lowest BCUT2D eigenvalue weighted by molar-refractivity contribution is -0.156. The number of carbonyl (C=O) groups is 1. The Morgan fingerprint density at radius 2 is 2.07 bits per heavy atom. The quantitative estimate of drug-likeness (QED) is 0.697. The second-order valence-corrected chi connectivity index (χ2v) is 4.39. The van der Waals surface area contributed by atoms with Gasteiger partial charge in [0.05, 0.1) is 11.6 Å². The van der Waals surface area contributed by atoms with Gasteiger partial charge in [0.1, 0.15) is 5.60 Å². The molecule has 0 aromatic carbocycles. The van der Waals surface area contributed by atoms with E-state index in [0.717, 1.165) is 0 Å². The summed E-state index contributed by atoms with van der Waals surface area (Å²) in [6, 6.07) is 0. The van der Waals surface area contributed by atoms with Crippen molar-refractivity contribution in [2.24, 2.45) is 0 Å². The van der Waals surface area contributed by atoms with Gasteiger partial charge in [0.25, 0.3) is 0 Å². The van der Waals surface area contributed by atoms with Crippen LogP contribution in [0.3, 0.4) is 0 Å². The second-order valence-electron chi connectivity index (χ2n) is 4.39. The van der Waals surface area contributed by atoms with Crippen LogP contribution in [0.15, 0.2) is 18.6 Å². The first-order chi connectivity index (χ1) is 6.90. The van der Waals surface area contributed by atoms with E-state index in [9.17, 15) is 4.79 Å². The van der Waals surface area contributed by atoms with Crippen LogP contribution in [0.2, 0.25) is 0 Å². The molecule has 15 heavy (non-hydrogen) atoms. The molecule has 0 aliphatic rings. The van der Waals surface area contributed by atoms with Crippen molar-refractivity contribution in [3.8, 4) is 0 Å². The number of rotatable bonds is 2. The highest BCUT2D eigenvalue weighted by molar-refractivity contribution is 5.77. The van der Waals surface area contributed by atoms with E-state index in [-0.39, 0.29) is 11.9 Å². The summed E-state index contributed by atoms with van der Waals surface area (Å²) in [5, 5.41) is 0. The molecule has 0 saturated carbocycles. The maximum absolute atomic E-state index is 11.7. The van der Waals surface area contributed by atoms with Crippen molar-refractivity contribution in [3.63, 3.8) is 0 Å². The Balaban J connectivity index is 2.70. The fourth-order valence-electron chi connectivity index (χ4n) is 1.05. The molecular formula is C11H16N2O2. The molecule has 4 heteroatoms. The number of hydrogen-bond acceptors (Lipinski definition) is 4. The molecule has 1 rings (SSSR count). The fourth-order valence-corrected chi connectivity index (χ4v) is 1.05. The number of carbonyl (C=O) groups excluding carboxylic acids is 1. The van der Waals surface area contributed by atoms with Crippen LogP contribution in [0.5, 0.6) is 0 Å². The van der Waals surface area contributed by atoms with Crippen molar-refractivity contribution < 1.29 is 9.53 Å². The lowest BCUT2D eigenvalue weighted by Crippen LogP contribution is -2.27. The van der Waals surface area contributed by atoms with E-state index in [4.69, 9.17) is 4.74 Å². The Hall–Kier alpha value is -1.45. The Morgan fingerprint density at radius 1 is 1.40 bits per heavy atom. The average molecular weight is 208 g/mol. The van der Waals surface area contributed by atoms with Crippen molar-refractivity contribution >= 4 is 5.97 Å². The highest BCUT2D eigenvalue weighted by Gasteiger charge is 2.23. The zero-order valence-electron chi connectivity index (χ0n) is 9.52. The molecule has 0 fully saturated rings. The maximum atomic E-state index is 11.7. The molecule has 1 unspecified atom stereocenters. The van der Waals surface area contributed by atoms with E-state index < -0.39 is 5.60 Å². The van der Waals surface area contributed by atoms with Gasteiger partial charge < -0.3 is 4.74 Å². The number of nitrogens with zero attached hydrogens (tertiary/aromatic N) is 2. The van der Waals surface area contributed by atoms with Crippen molar-refractivity contribution in [1.29, 1.82) is 0 Å². The molecule has 1 atom stereocenters. The minimum absolute atomic E-state index is 0.275. The van der Waals surface area contributed by atoms with Crippen LogP contribution >= 0.6 is 0 Å². The van der Waals surface area contributed by atoms with Gasteiger partial charge in [0.2, 0.25) is 0 Å². The first-order valence-electron chi connectivity index (χ1n) is 4.89. The minimum Gasteiger partial charge on any atom is -0.459 e. The molecule has 0 aliphatic heterocycles. The first-order valence-corrected chi connectivity index (χ1v) is 4.89. The number of esters is 1. The molecule has 1 aromatic heterocycles. The molecule has 0 amide bonds. The van der Waals surface area contributed by atoms with Crippen molar-refractivity contribution in [2.45, 2.75) is 39.2 Å². The number of ether oxygens (including phenoxy) is 1. The van der Waals surface area contributed by atoms with Crippen LogP contribution < -0.4 is 0 Å². The molecule has 0 saturated heterocycles. The normalized spacial score (nSPS) is 13.3.